The van der Waals surface area contributed by atoms with Gasteiger partial charge in [-0.1, -0.05) is 13.8 Å². The first-order chi connectivity index (χ1) is 9.49. The molecule has 0 saturated carbocycles. The van der Waals surface area contributed by atoms with Crippen LogP contribution in [0.3, 0.4) is 0 Å². The van der Waals surface area contributed by atoms with Crippen LogP contribution in [0.15, 0.2) is 29.2 Å². The second-order valence-electron chi connectivity index (χ2n) is 4.97. The third kappa shape index (κ3) is 5.59. The van der Waals surface area contributed by atoms with Gasteiger partial charge in [-0.05, 0) is 56.5 Å². The van der Waals surface area contributed by atoms with Crippen molar-refractivity contribution in [2.45, 2.75) is 50.5 Å². The van der Waals surface area contributed by atoms with Gasteiger partial charge >= 0.3 is 0 Å². The van der Waals surface area contributed by atoms with Crippen LogP contribution in [0.1, 0.15) is 39.5 Å². The number of benzene rings is 1. The van der Waals surface area contributed by atoms with Gasteiger partial charge in [0.2, 0.25) is 0 Å². The Balaban J connectivity index is 2.49. The highest BCUT2D eigenvalue weighted by atomic mass is 32.2. The lowest BCUT2D eigenvalue weighted by Gasteiger charge is -2.16. The maximum atomic E-state index is 12.8. The van der Waals surface area contributed by atoms with Crippen molar-refractivity contribution in [1.29, 1.82) is 0 Å². The smallest absolute Gasteiger partial charge is 0.178 e. The minimum Gasteiger partial charge on any atom is -0.314 e. The molecule has 3 nitrogen and oxygen atoms in total. The Morgan fingerprint density at radius 3 is 2.40 bits per heavy atom. The van der Waals surface area contributed by atoms with Crippen molar-refractivity contribution in [3.8, 4) is 0 Å². The lowest BCUT2D eigenvalue weighted by molar-refractivity contribution is 0.463. The molecule has 1 aromatic rings. The van der Waals surface area contributed by atoms with E-state index in [1.54, 1.807) is 0 Å². The second kappa shape index (κ2) is 8.37. The molecule has 0 aliphatic rings. The molecule has 1 atom stereocenters. The number of sulfone groups is 1. The summed E-state index contributed by atoms with van der Waals surface area (Å²) in [7, 11) is -3.30. The molecular weight excluding hydrogens is 277 g/mol. The summed E-state index contributed by atoms with van der Waals surface area (Å²) >= 11 is 0. The van der Waals surface area contributed by atoms with E-state index in [1.807, 2.05) is 0 Å². The molecule has 0 bridgehead atoms. The maximum Gasteiger partial charge on any atom is 0.178 e. The SMILES string of the molecule is CCCNC(CC)CCCS(=O)(=O)c1ccc(F)cc1. The third-order valence-corrected chi connectivity index (χ3v) is 5.13. The monoisotopic (exact) mass is 301 g/mol. The van der Waals surface area contributed by atoms with Crippen molar-refractivity contribution in [1.82, 2.24) is 5.32 Å². The largest absolute Gasteiger partial charge is 0.314 e. The van der Waals surface area contributed by atoms with Crippen LogP contribution in [0.5, 0.6) is 0 Å². The highest BCUT2D eigenvalue weighted by molar-refractivity contribution is 7.91. The first kappa shape index (κ1) is 17.1. The lowest BCUT2D eigenvalue weighted by atomic mass is 10.1. The predicted octanol–water partition coefficient (Wildman–Crippen LogP) is 3.16. The summed E-state index contributed by atoms with van der Waals surface area (Å²) in [6, 6.07) is 5.40. The zero-order valence-electron chi connectivity index (χ0n) is 12.2. The van der Waals surface area contributed by atoms with Gasteiger partial charge in [0, 0.05) is 6.04 Å². The molecule has 20 heavy (non-hydrogen) atoms. The normalized spacial score (nSPS) is 13.3. The summed E-state index contributed by atoms with van der Waals surface area (Å²) in [5, 5.41) is 3.41. The zero-order chi connectivity index (χ0) is 15.0. The van der Waals surface area contributed by atoms with E-state index < -0.39 is 15.7 Å². The van der Waals surface area contributed by atoms with Crippen LogP contribution in [-0.4, -0.2) is 26.8 Å². The number of nitrogens with one attached hydrogen (secondary N) is 1. The van der Waals surface area contributed by atoms with Gasteiger partial charge in [-0.25, -0.2) is 12.8 Å². The van der Waals surface area contributed by atoms with Crippen LogP contribution < -0.4 is 5.32 Å². The van der Waals surface area contributed by atoms with Crippen LogP contribution in [0, 0.1) is 5.82 Å². The Morgan fingerprint density at radius 1 is 1.20 bits per heavy atom. The number of halogens is 1. The van der Waals surface area contributed by atoms with E-state index in [4.69, 9.17) is 0 Å². The molecule has 0 saturated heterocycles. The van der Waals surface area contributed by atoms with Crippen molar-refractivity contribution >= 4 is 9.84 Å². The summed E-state index contributed by atoms with van der Waals surface area (Å²) in [4.78, 5) is 0.202. The van der Waals surface area contributed by atoms with Crippen LogP contribution in [-0.2, 0) is 9.84 Å². The minimum absolute atomic E-state index is 0.114. The first-order valence-electron chi connectivity index (χ1n) is 7.21. The molecule has 1 unspecified atom stereocenters. The molecule has 1 rings (SSSR count). The Kier molecular flexibility index (Phi) is 7.16. The number of rotatable bonds is 9. The standard InChI is InChI=1S/C15H24FNO2S/c1-3-11-17-14(4-2)6-5-12-20(18,19)15-9-7-13(16)8-10-15/h7-10,14,17H,3-6,11-12H2,1-2H3. The summed E-state index contributed by atoms with van der Waals surface area (Å²) in [6.07, 6.45) is 3.53. The van der Waals surface area contributed by atoms with Gasteiger partial charge in [0.15, 0.2) is 9.84 Å². The van der Waals surface area contributed by atoms with E-state index in [-0.39, 0.29) is 10.6 Å². The topological polar surface area (TPSA) is 46.2 Å². The summed E-state index contributed by atoms with van der Waals surface area (Å²) < 4.78 is 37.0. The molecule has 0 amide bonds. The lowest BCUT2D eigenvalue weighted by Crippen LogP contribution is -2.29. The zero-order valence-corrected chi connectivity index (χ0v) is 13.0. The van der Waals surface area contributed by atoms with E-state index in [1.165, 1.54) is 24.3 Å². The Morgan fingerprint density at radius 2 is 1.85 bits per heavy atom. The maximum absolute atomic E-state index is 12.8. The molecule has 0 heterocycles. The average Bonchev–Trinajstić information content (AvgIpc) is 2.43. The van der Waals surface area contributed by atoms with E-state index in [2.05, 4.69) is 19.2 Å². The number of hydrogen-bond donors (Lipinski definition) is 1. The molecular formula is C15H24FNO2S. The van der Waals surface area contributed by atoms with Gasteiger partial charge in [0.25, 0.3) is 0 Å². The molecule has 0 aromatic heterocycles. The van der Waals surface area contributed by atoms with Gasteiger partial charge in [-0.3, -0.25) is 0 Å². The second-order valence-corrected chi connectivity index (χ2v) is 7.08. The van der Waals surface area contributed by atoms with Gasteiger partial charge in [-0.2, -0.15) is 0 Å². The average molecular weight is 301 g/mol. The van der Waals surface area contributed by atoms with E-state index in [0.717, 1.165) is 25.8 Å². The summed E-state index contributed by atoms with van der Waals surface area (Å²) in [5.74, 6) is -0.304. The molecule has 0 spiro atoms. The van der Waals surface area contributed by atoms with E-state index in [9.17, 15) is 12.8 Å². The summed E-state index contributed by atoms with van der Waals surface area (Å²) in [5.41, 5.74) is 0. The van der Waals surface area contributed by atoms with Gasteiger partial charge < -0.3 is 5.32 Å². The molecule has 5 heteroatoms. The van der Waals surface area contributed by atoms with Crippen molar-refractivity contribution in [2.24, 2.45) is 0 Å². The van der Waals surface area contributed by atoms with Gasteiger partial charge in [0.1, 0.15) is 5.82 Å². The molecule has 0 aliphatic carbocycles. The van der Waals surface area contributed by atoms with E-state index in [0.29, 0.717) is 12.5 Å². The molecule has 0 fully saturated rings. The Bertz CT molecular complexity index is 485. The van der Waals surface area contributed by atoms with Gasteiger partial charge in [-0.15, -0.1) is 0 Å². The molecule has 114 valence electrons. The molecule has 0 radical (unpaired) electrons. The predicted molar refractivity (Wildman–Crippen MR) is 80.1 cm³/mol. The van der Waals surface area contributed by atoms with Crippen LogP contribution in [0.25, 0.3) is 0 Å². The summed E-state index contributed by atoms with van der Waals surface area (Å²) in [6.45, 7) is 5.17. The Hall–Kier alpha value is -0.940. The molecule has 0 aliphatic heterocycles. The van der Waals surface area contributed by atoms with Crippen LogP contribution >= 0.6 is 0 Å². The molecule has 1 aromatic carbocycles. The highest BCUT2D eigenvalue weighted by Crippen LogP contribution is 2.14. The first-order valence-corrected chi connectivity index (χ1v) is 8.86. The Labute approximate surface area is 121 Å². The van der Waals surface area contributed by atoms with Crippen molar-refractivity contribution in [2.75, 3.05) is 12.3 Å². The minimum atomic E-state index is -3.30. The van der Waals surface area contributed by atoms with Gasteiger partial charge in [0.05, 0.1) is 10.6 Å². The fraction of sp³-hybridized carbons (Fsp3) is 0.600. The fourth-order valence-corrected chi connectivity index (χ4v) is 3.41. The van der Waals surface area contributed by atoms with Crippen LogP contribution in [0.4, 0.5) is 4.39 Å². The van der Waals surface area contributed by atoms with Crippen molar-refractivity contribution in [3.63, 3.8) is 0 Å². The molecule has 1 N–H and O–H groups in total. The van der Waals surface area contributed by atoms with Crippen molar-refractivity contribution < 1.29 is 12.8 Å². The van der Waals surface area contributed by atoms with Crippen molar-refractivity contribution in [3.05, 3.63) is 30.1 Å². The van der Waals surface area contributed by atoms with E-state index >= 15 is 0 Å². The quantitative estimate of drug-likeness (QED) is 0.713. The van der Waals surface area contributed by atoms with Crippen LogP contribution in [0.2, 0.25) is 0 Å². The third-order valence-electron chi connectivity index (χ3n) is 3.31. The number of hydrogen-bond acceptors (Lipinski definition) is 3. The highest BCUT2D eigenvalue weighted by Gasteiger charge is 2.15. The fourth-order valence-electron chi connectivity index (χ4n) is 2.08.